The number of anilines is 2. The van der Waals surface area contributed by atoms with Crippen LogP contribution in [-0.4, -0.2) is 29.0 Å². The molecule has 1 aliphatic rings. The highest BCUT2D eigenvalue weighted by atomic mass is 16.5. The van der Waals surface area contributed by atoms with Gasteiger partial charge in [-0.3, -0.25) is 9.59 Å². The summed E-state index contributed by atoms with van der Waals surface area (Å²) >= 11 is 0. The van der Waals surface area contributed by atoms with E-state index < -0.39 is 17.4 Å². The predicted molar refractivity (Wildman–Crippen MR) is 88.1 cm³/mol. The van der Waals surface area contributed by atoms with Gasteiger partial charge in [0.05, 0.1) is 6.61 Å². The summed E-state index contributed by atoms with van der Waals surface area (Å²) in [5.41, 5.74) is -1.15. The molecule has 2 N–H and O–H groups in total. The van der Waals surface area contributed by atoms with E-state index in [0.717, 1.165) is 0 Å². The van der Waals surface area contributed by atoms with Gasteiger partial charge in [0.2, 0.25) is 0 Å². The van der Waals surface area contributed by atoms with Gasteiger partial charge in [-0.05, 0) is 50.2 Å². The zero-order valence-electron chi connectivity index (χ0n) is 13.3. The molecule has 0 radical (unpaired) electrons. The number of ether oxygens (including phenoxy) is 2. The van der Waals surface area contributed by atoms with Gasteiger partial charge in [-0.2, -0.15) is 0 Å². The maximum absolute atomic E-state index is 12.6. The molecule has 0 saturated carbocycles. The van der Waals surface area contributed by atoms with Crippen molar-refractivity contribution in [1.82, 2.24) is 4.98 Å². The fraction of sp³-hybridized carbons (Fsp3) is 0.235. The van der Waals surface area contributed by atoms with E-state index in [2.05, 4.69) is 15.6 Å². The van der Waals surface area contributed by atoms with Crippen molar-refractivity contribution in [3.8, 4) is 11.5 Å². The fourth-order valence-corrected chi connectivity index (χ4v) is 2.26. The molecule has 1 unspecified atom stereocenters. The summed E-state index contributed by atoms with van der Waals surface area (Å²) in [6.07, 6.45) is 1.53. The molecule has 124 valence electrons. The van der Waals surface area contributed by atoms with E-state index in [4.69, 9.17) is 9.47 Å². The summed E-state index contributed by atoms with van der Waals surface area (Å²) in [6, 6.07) is 10.2. The Morgan fingerprint density at radius 3 is 2.79 bits per heavy atom. The molecule has 1 atom stereocenters. The molecule has 2 aromatic rings. The number of hydrogen-bond acceptors (Lipinski definition) is 5. The summed E-state index contributed by atoms with van der Waals surface area (Å²) in [6.45, 7) is 3.87. The minimum absolute atomic E-state index is 0.300. The van der Waals surface area contributed by atoms with Crippen molar-refractivity contribution >= 4 is 23.3 Å². The molecule has 7 heteroatoms. The first-order chi connectivity index (χ1) is 11.5. The minimum Gasteiger partial charge on any atom is -0.494 e. The molecule has 7 nitrogen and oxygen atoms in total. The molecule has 2 amide bonds. The Morgan fingerprint density at radius 1 is 1.33 bits per heavy atom. The molecule has 0 bridgehead atoms. The second kappa shape index (κ2) is 6.19. The maximum atomic E-state index is 12.6. The third-order valence-corrected chi connectivity index (χ3v) is 3.61. The van der Waals surface area contributed by atoms with Crippen molar-refractivity contribution in [3.05, 3.63) is 42.6 Å². The lowest BCUT2D eigenvalue weighted by Crippen LogP contribution is -2.56. The van der Waals surface area contributed by atoms with E-state index in [1.165, 1.54) is 13.1 Å². The van der Waals surface area contributed by atoms with Crippen LogP contribution >= 0.6 is 0 Å². The standard InChI is InChI=1S/C17H17N3O4/c1-3-23-12-8-6-11(7-9-12)19-15(21)17(2)16(22)20-14-13(24-17)5-4-10-18-14/h4-10H,3H2,1-2H3,(H,19,21)(H,18,20,22). The number of carbonyl (C=O) groups is 2. The van der Waals surface area contributed by atoms with E-state index in [1.807, 2.05) is 6.92 Å². The zero-order valence-corrected chi connectivity index (χ0v) is 13.3. The lowest BCUT2D eigenvalue weighted by Gasteiger charge is -2.32. The van der Waals surface area contributed by atoms with Crippen molar-refractivity contribution in [3.63, 3.8) is 0 Å². The topological polar surface area (TPSA) is 89.6 Å². The van der Waals surface area contributed by atoms with E-state index in [0.29, 0.717) is 29.6 Å². The summed E-state index contributed by atoms with van der Waals surface area (Å²) < 4.78 is 11.0. The Kier molecular flexibility index (Phi) is 4.07. The van der Waals surface area contributed by atoms with Crippen LogP contribution in [0.3, 0.4) is 0 Å². The molecule has 0 aliphatic carbocycles. The number of hydrogen-bond donors (Lipinski definition) is 2. The Bertz CT molecular complexity index is 776. The van der Waals surface area contributed by atoms with E-state index in [1.54, 1.807) is 36.4 Å². The van der Waals surface area contributed by atoms with Crippen molar-refractivity contribution < 1.29 is 19.1 Å². The molecule has 2 heterocycles. The Balaban J connectivity index is 1.77. The van der Waals surface area contributed by atoms with Gasteiger partial charge in [0.25, 0.3) is 17.4 Å². The van der Waals surface area contributed by atoms with Gasteiger partial charge in [0, 0.05) is 11.9 Å². The molecule has 1 aromatic carbocycles. The van der Waals surface area contributed by atoms with Crippen LogP contribution in [0.25, 0.3) is 0 Å². The van der Waals surface area contributed by atoms with Gasteiger partial charge in [-0.15, -0.1) is 0 Å². The number of nitrogens with zero attached hydrogens (tertiary/aromatic N) is 1. The van der Waals surface area contributed by atoms with Crippen molar-refractivity contribution in [2.75, 3.05) is 17.2 Å². The third kappa shape index (κ3) is 2.88. The summed E-state index contributed by atoms with van der Waals surface area (Å²) in [7, 11) is 0. The normalized spacial score (nSPS) is 18.8. The van der Waals surface area contributed by atoms with Crippen molar-refractivity contribution in [1.29, 1.82) is 0 Å². The molecule has 0 fully saturated rings. The van der Waals surface area contributed by atoms with Gasteiger partial charge in [0.1, 0.15) is 5.75 Å². The first-order valence-corrected chi connectivity index (χ1v) is 7.52. The SMILES string of the molecule is CCOc1ccc(NC(=O)C2(C)Oc3cccnc3NC2=O)cc1. The number of benzene rings is 1. The van der Waals surface area contributed by atoms with Crippen LogP contribution in [0.15, 0.2) is 42.6 Å². The first kappa shape index (κ1) is 15.8. The quantitative estimate of drug-likeness (QED) is 0.840. The van der Waals surface area contributed by atoms with Gasteiger partial charge in [-0.1, -0.05) is 0 Å². The zero-order chi connectivity index (χ0) is 17.2. The molecule has 1 aliphatic heterocycles. The molecule has 0 spiro atoms. The number of pyridine rings is 1. The van der Waals surface area contributed by atoms with E-state index in [9.17, 15) is 9.59 Å². The molecular weight excluding hydrogens is 310 g/mol. The first-order valence-electron chi connectivity index (χ1n) is 7.52. The third-order valence-electron chi connectivity index (χ3n) is 3.61. The van der Waals surface area contributed by atoms with Crippen molar-refractivity contribution in [2.24, 2.45) is 0 Å². The van der Waals surface area contributed by atoms with E-state index >= 15 is 0 Å². The lowest BCUT2D eigenvalue weighted by atomic mass is 10.0. The largest absolute Gasteiger partial charge is 0.494 e. The average Bonchev–Trinajstić information content (AvgIpc) is 2.58. The Hall–Kier alpha value is -3.09. The van der Waals surface area contributed by atoms with Gasteiger partial charge >= 0.3 is 0 Å². The molecule has 0 saturated heterocycles. The predicted octanol–water partition coefficient (Wildman–Crippen LogP) is 2.21. The molecule has 3 rings (SSSR count). The van der Waals surface area contributed by atoms with Crippen LogP contribution < -0.4 is 20.1 Å². The van der Waals surface area contributed by atoms with Crippen LogP contribution in [0.5, 0.6) is 11.5 Å². The second-order valence-corrected chi connectivity index (χ2v) is 5.35. The monoisotopic (exact) mass is 327 g/mol. The Morgan fingerprint density at radius 2 is 2.08 bits per heavy atom. The Labute approximate surface area is 139 Å². The maximum Gasteiger partial charge on any atom is 0.279 e. The number of nitrogens with one attached hydrogen (secondary N) is 2. The smallest absolute Gasteiger partial charge is 0.279 e. The highest BCUT2D eigenvalue weighted by molar-refractivity contribution is 6.18. The van der Waals surface area contributed by atoms with Crippen LogP contribution in [0.2, 0.25) is 0 Å². The summed E-state index contributed by atoms with van der Waals surface area (Å²) in [5, 5.41) is 5.27. The van der Waals surface area contributed by atoms with Gasteiger partial charge < -0.3 is 20.1 Å². The lowest BCUT2D eigenvalue weighted by molar-refractivity contribution is -0.143. The van der Waals surface area contributed by atoms with Crippen molar-refractivity contribution in [2.45, 2.75) is 19.4 Å². The summed E-state index contributed by atoms with van der Waals surface area (Å²) in [5.74, 6) is 0.208. The fourth-order valence-electron chi connectivity index (χ4n) is 2.26. The van der Waals surface area contributed by atoms with Crippen LogP contribution in [0.1, 0.15) is 13.8 Å². The van der Waals surface area contributed by atoms with Crippen LogP contribution in [-0.2, 0) is 9.59 Å². The molecule has 24 heavy (non-hydrogen) atoms. The number of fused-ring (bicyclic) bond motifs is 1. The number of aromatic nitrogens is 1. The number of amides is 2. The molecule has 1 aromatic heterocycles. The number of rotatable bonds is 4. The van der Waals surface area contributed by atoms with Crippen LogP contribution in [0.4, 0.5) is 11.5 Å². The summed E-state index contributed by atoms with van der Waals surface area (Å²) in [4.78, 5) is 28.9. The minimum atomic E-state index is -1.69. The number of carbonyl (C=O) groups excluding carboxylic acids is 2. The van der Waals surface area contributed by atoms with Crippen LogP contribution in [0, 0.1) is 0 Å². The average molecular weight is 327 g/mol. The van der Waals surface area contributed by atoms with Gasteiger partial charge in [0.15, 0.2) is 11.6 Å². The second-order valence-electron chi connectivity index (χ2n) is 5.35. The van der Waals surface area contributed by atoms with Gasteiger partial charge in [-0.25, -0.2) is 4.98 Å². The highest BCUT2D eigenvalue weighted by Gasteiger charge is 2.47. The van der Waals surface area contributed by atoms with E-state index in [-0.39, 0.29) is 0 Å². The molecular formula is C17H17N3O4. The highest BCUT2D eigenvalue weighted by Crippen LogP contribution is 2.32.